The van der Waals surface area contributed by atoms with Gasteiger partial charge in [0.1, 0.15) is 0 Å². The largest absolute Gasteiger partial charge is 0.330 e. The molecule has 1 aromatic rings. The monoisotopic (exact) mass is 189 g/mol. The van der Waals surface area contributed by atoms with Crippen molar-refractivity contribution in [3.8, 4) is 6.19 Å². The van der Waals surface area contributed by atoms with Gasteiger partial charge < -0.3 is 5.73 Å². The fourth-order valence-corrected chi connectivity index (χ4v) is 1.11. The van der Waals surface area contributed by atoms with Crippen LogP contribution in [0.2, 0.25) is 0 Å². The maximum Gasteiger partial charge on any atom is 0.264 e. The number of nitriles is 1. The number of carbonyl (C=O) groups is 1. The summed E-state index contributed by atoms with van der Waals surface area (Å²) >= 11 is 0. The van der Waals surface area contributed by atoms with Crippen LogP contribution in [0.15, 0.2) is 24.3 Å². The van der Waals surface area contributed by atoms with Crippen LogP contribution >= 0.6 is 0 Å². The van der Waals surface area contributed by atoms with Crippen LogP contribution in [0.4, 0.5) is 0 Å². The molecule has 14 heavy (non-hydrogen) atoms. The van der Waals surface area contributed by atoms with Gasteiger partial charge in [0.05, 0.1) is 0 Å². The van der Waals surface area contributed by atoms with Gasteiger partial charge in [-0.05, 0) is 30.7 Å². The van der Waals surface area contributed by atoms with Gasteiger partial charge in [-0.3, -0.25) is 10.1 Å². The van der Waals surface area contributed by atoms with Crippen molar-refractivity contribution in [1.82, 2.24) is 5.32 Å². The van der Waals surface area contributed by atoms with E-state index in [0.29, 0.717) is 12.1 Å². The number of carbonyl (C=O) groups excluding carboxylic acids is 1. The lowest BCUT2D eigenvalue weighted by molar-refractivity contribution is 0.0973. The first kappa shape index (κ1) is 10.2. The molecule has 4 nitrogen and oxygen atoms in total. The minimum absolute atomic E-state index is 0.383. The van der Waals surface area contributed by atoms with Crippen molar-refractivity contribution in [3.63, 3.8) is 0 Å². The van der Waals surface area contributed by atoms with Gasteiger partial charge in [0.15, 0.2) is 6.19 Å². The van der Waals surface area contributed by atoms with E-state index in [-0.39, 0.29) is 5.91 Å². The van der Waals surface area contributed by atoms with Crippen LogP contribution in [-0.2, 0) is 6.42 Å². The molecule has 1 aromatic carbocycles. The summed E-state index contributed by atoms with van der Waals surface area (Å²) in [4.78, 5) is 11.2. The first-order valence-electron chi connectivity index (χ1n) is 4.26. The summed E-state index contributed by atoms with van der Waals surface area (Å²) in [7, 11) is 0. The van der Waals surface area contributed by atoms with Crippen LogP contribution in [0, 0.1) is 11.5 Å². The fourth-order valence-electron chi connectivity index (χ4n) is 1.11. The molecular weight excluding hydrogens is 178 g/mol. The second kappa shape index (κ2) is 5.00. The van der Waals surface area contributed by atoms with Crippen LogP contribution in [0.25, 0.3) is 0 Å². The normalized spacial score (nSPS) is 9.14. The van der Waals surface area contributed by atoms with Gasteiger partial charge in [-0.1, -0.05) is 12.1 Å². The quantitative estimate of drug-likeness (QED) is 0.533. The lowest BCUT2D eigenvalue weighted by Gasteiger charge is -2.00. The van der Waals surface area contributed by atoms with E-state index in [2.05, 4.69) is 5.32 Å². The zero-order chi connectivity index (χ0) is 10.4. The molecule has 0 radical (unpaired) electrons. The molecule has 72 valence electrons. The lowest BCUT2D eigenvalue weighted by Crippen LogP contribution is -2.17. The highest BCUT2D eigenvalue weighted by Crippen LogP contribution is 2.04. The van der Waals surface area contributed by atoms with E-state index in [0.717, 1.165) is 12.0 Å². The molecule has 0 spiro atoms. The van der Waals surface area contributed by atoms with Crippen LogP contribution in [-0.4, -0.2) is 12.5 Å². The molecule has 0 atom stereocenters. The number of nitrogens with zero attached hydrogens (tertiary/aromatic N) is 1. The number of hydrogen-bond donors (Lipinski definition) is 2. The van der Waals surface area contributed by atoms with Gasteiger partial charge in [-0.25, -0.2) is 0 Å². The van der Waals surface area contributed by atoms with E-state index in [1.54, 1.807) is 18.3 Å². The molecule has 0 heterocycles. The molecule has 0 saturated carbocycles. The Morgan fingerprint density at radius 1 is 1.43 bits per heavy atom. The van der Waals surface area contributed by atoms with E-state index < -0.39 is 0 Å². The summed E-state index contributed by atoms with van der Waals surface area (Å²) in [5.74, 6) is -0.383. The molecule has 0 aliphatic heterocycles. The van der Waals surface area contributed by atoms with Gasteiger partial charge >= 0.3 is 0 Å². The van der Waals surface area contributed by atoms with Crippen molar-refractivity contribution in [2.24, 2.45) is 5.73 Å². The number of amides is 1. The van der Waals surface area contributed by atoms with Gasteiger partial charge in [-0.2, -0.15) is 5.26 Å². The Morgan fingerprint density at radius 2 is 2.07 bits per heavy atom. The highest BCUT2D eigenvalue weighted by Gasteiger charge is 2.03. The molecule has 0 bridgehead atoms. The molecule has 4 heteroatoms. The Bertz CT molecular complexity index is 351. The van der Waals surface area contributed by atoms with Crippen molar-refractivity contribution in [3.05, 3.63) is 35.4 Å². The highest BCUT2D eigenvalue weighted by atomic mass is 16.1. The average molecular weight is 189 g/mol. The van der Waals surface area contributed by atoms with Crippen molar-refractivity contribution in [1.29, 1.82) is 5.26 Å². The van der Waals surface area contributed by atoms with Crippen molar-refractivity contribution in [2.75, 3.05) is 6.54 Å². The van der Waals surface area contributed by atoms with Gasteiger partial charge in [0.2, 0.25) is 0 Å². The minimum Gasteiger partial charge on any atom is -0.330 e. The third-order valence-electron chi connectivity index (χ3n) is 1.82. The molecule has 0 aliphatic rings. The van der Waals surface area contributed by atoms with E-state index >= 15 is 0 Å². The molecule has 0 aliphatic carbocycles. The molecule has 1 amide bonds. The van der Waals surface area contributed by atoms with Crippen LogP contribution < -0.4 is 11.1 Å². The maximum atomic E-state index is 11.2. The molecule has 1 rings (SSSR count). The molecule has 0 fully saturated rings. The standard InChI is InChI=1S/C10H11N3O/c11-6-5-8-1-3-9(4-2-8)10(14)13-7-12/h1-4H,5-6,11H2,(H,13,14). The smallest absolute Gasteiger partial charge is 0.264 e. The van der Waals surface area contributed by atoms with Crippen LogP contribution in [0.5, 0.6) is 0 Å². The van der Waals surface area contributed by atoms with E-state index in [4.69, 9.17) is 11.0 Å². The van der Waals surface area contributed by atoms with Gasteiger partial charge in [0.25, 0.3) is 5.91 Å². The summed E-state index contributed by atoms with van der Waals surface area (Å²) < 4.78 is 0. The zero-order valence-electron chi connectivity index (χ0n) is 7.66. The van der Waals surface area contributed by atoms with E-state index in [1.807, 2.05) is 12.1 Å². The second-order valence-electron chi connectivity index (χ2n) is 2.80. The Kier molecular flexibility index (Phi) is 3.65. The third kappa shape index (κ3) is 2.57. The topological polar surface area (TPSA) is 78.9 Å². The SMILES string of the molecule is N#CNC(=O)c1ccc(CCN)cc1. The van der Waals surface area contributed by atoms with Crippen molar-refractivity contribution in [2.45, 2.75) is 6.42 Å². The lowest BCUT2D eigenvalue weighted by atomic mass is 10.1. The fraction of sp³-hybridized carbons (Fsp3) is 0.200. The van der Waals surface area contributed by atoms with Crippen LogP contribution in [0.3, 0.4) is 0 Å². The number of nitrogens with one attached hydrogen (secondary N) is 1. The number of benzene rings is 1. The molecule has 0 aromatic heterocycles. The maximum absolute atomic E-state index is 11.2. The first-order valence-corrected chi connectivity index (χ1v) is 4.26. The summed E-state index contributed by atoms with van der Waals surface area (Å²) in [5, 5.41) is 10.3. The molecular formula is C10H11N3O. The third-order valence-corrected chi connectivity index (χ3v) is 1.82. The summed E-state index contributed by atoms with van der Waals surface area (Å²) in [5.41, 5.74) is 6.95. The summed E-state index contributed by atoms with van der Waals surface area (Å²) in [6.45, 7) is 0.587. The predicted octanol–water partition coefficient (Wildman–Crippen LogP) is 0.399. The zero-order valence-corrected chi connectivity index (χ0v) is 7.66. The van der Waals surface area contributed by atoms with Gasteiger partial charge in [-0.15, -0.1) is 0 Å². The van der Waals surface area contributed by atoms with E-state index in [9.17, 15) is 4.79 Å². The second-order valence-corrected chi connectivity index (χ2v) is 2.80. The summed E-state index contributed by atoms with van der Waals surface area (Å²) in [6, 6.07) is 7.02. The molecule has 0 unspecified atom stereocenters. The minimum atomic E-state index is -0.383. The van der Waals surface area contributed by atoms with Crippen molar-refractivity contribution < 1.29 is 4.79 Å². The number of nitrogens with two attached hydrogens (primary N) is 1. The van der Waals surface area contributed by atoms with Crippen molar-refractivity contribution >= 4 is 5.91 Å². The molecule has 3 N–H and O–H groups in total. The van der Waals surface area contributed by atoms with E-state index in [1.165, 1.54) is 0 Å². The first-order chi connectivity index (χ1) is 6.77. The van der Waals surface area contributed by atoms with Crippen LogP contribution in [0.1, 0.15) is 15.9 Å². The molecule has 0 saturated heterocycles. The Labute approximate surface area is 82.3 Å². The number of hydrogen-bond acceptors (Lipinski definition) is 3. The Morgan fingerprint density at radius 3 is 2.57 bits per heavy atom. The predicted molar refractivity (Wildman–Crippen MR) is 52.3 cm³/mol. The highest BCUT2D eigenvalue weighted by molar-refractivity contribution is 5.95. The average Bonchev–Trinajstić information content (AvgIpc) is 2.20. The number of rotatable bonds is 3. The Balaban J connectivity index is 2.73. The summed E-state index contributed by atoms with van der Waals surface area (Å²) in [6.07, 6.45) is 2.38. The van der Waals surface area contributed by atoms with Gasteiger partial charge in [0, 0.05) is 5.56 Å². The Hall–Kier alpha value is -1.86.